The molecule has 3 heterocycles. The van der Waals surface area contributed by atoms with E-state index in [2.05, 4.69) is 15.2 Å². The van der Waals surface area contributed by atoms with Gasteiger partial charge in [-0.05, 0) is 63.5 Å². The average Bonchev–Trinajstić information content (AvgIpc) is 3.27. The fourth-order valence-corrected chi connectivity index (χ4v) is 3.18. The monoisotopic (exact) mass is 327 g/mol. The molecule has 1 saturated heterocycles. The van der Waals surface area contributed by atoms with Gasteiger partial charge in [-0.25, -0.2) is 0 Å². The van der Waals surface area contributed by atoms with Crippen molar-refractivity contribution in [2.75, 3.05) is 19.6 Å². The summed E-state index contributed by atoms with van der Waals surface area (Å²) in [4.78, 5) is 18.8. The Balaban J connectivity index is 1.54. The maximum absolute atomic E-state index is 12.2. The first-order valence-electron chi connectivity index (χ1n) is 8.69. The molecule has 0 spiro atoms. The van der Waals surface area contributed by atoms with Crippen molar-refractivity contribution >= 4 is 5.91 Å². The molecule has 2 aromatic heterocycles. The molecule has 0 aromatic carbocycles. The molecule has 1 aliphatic heterocycles. The summed E-state index contributed by atoms with van der Waals surface area (Å²) in [6.45, 7) is 4.67. The molecule has 128 valence electrons. The molecular formula is C19H25N3O2. The fraction of sp³-hybridized carbons (Fsp3) is 0.474. The summed E-state index contributed by atoms with van der Waals surface area (Å²) >= 11 is 0. The molecule has 3 rings (SSSR count). The molecule has 0 saturated carbocycles. The lowest BCUT2D eigenvalue weighted by Crippen LogP contribution is -2.36. The number of furan rings is 1. The zero-order valence-electron chi connectivity index (χ0n) is 14.2. The lowest BCUT2D eigenvalue weighted by atomic mass is 10.1. The van der Waals surface area contributed by atoms with Crippen LogP contribution in [0.15, 0.2) is 40.9 Å². The van der Waals surface area contributed by atoms with Gasteiger partial charge >= 0.3 is 0 Å². The van der Waals surface area contributed by atoms with Crippen molar-refractivity contribution in [2.45, 2.75) is 38.6 Å². The molecule has 5 nitrogen and oxygen atoms in total. The summed E-state index contributed by atoms with van der Waals surface area (Å²) in [6, 6.07) is 9.92. The summed E-state index contributed by atoms with van der Waals surface area (Å²) in [5, 5.41) is 3.07. The molecule has 1 N–H and O–H groups in total. The van der Waals surface area contributed by atoms with Crippen LogP contribution >= 0.6 is 0 Å². The van der Waals surface area contributed by atoms with Gasteiger partial charge in [-0.1, -0.05) is 6.07 Å². The van der Waals surface area contributed by atoms with Crippen LogP contribution in [0.25, 0.3) is 0 Å². The highest BCUT2D eigenvalue weighted by Gasteiger charge is 2.26. The number of amides is 1. The summed E-state index contributed by atoms with van der Waals surface area (Å²) in [6.07, 6.45) is 5.31. The minimum atomic E-state index is 0.0631. The molecule has 0 radical (unpaired) electrons. The van der Waals surface area contributed by atoms with Gasteiger partial charge in [0.2, 0.25) is 5.91 Å². The normalized spacial score (nSPS) is 16.2. The first kappa shape index (κ1) is 16.7. The largest absolute Gasteiger partial charge is 0.465 e. The van der Waals surface area contributed by atoms with Crippen LogP contribution in [0, 0.1) is 6.92 Å². The zero-order valence-corrected chi connectivity index (χ0v) is 14.2. The van der Waals surface area contributed by atoms with Crippen LogP contribution in [0.5, 0.6) is 0 Å². The lowest BCUT2D eigenvalue weighted by molar-refractivity contribution is -0.121. The van der Waals surface area contributed by atoms with E-state index >= 15 is 0 Å². The number of likely N-dealkylation sites (tertiary alicyclic amines) is 1. The van der Waals surface area contributed by atoms with Crippen molar-refractivity contribution < 1.29 is 9.21 Å². The van der Waals surface area contributed by atoms with E-state index in [1.807, 2.05) is 37.3 Å². The predicted octanol–water partition coefficient (Wildman–Crippen LogP) is 2.87. The lowest BCUT2D eigenvalue weighted by Gasteiger charge is -2.26. The molecular weight excluding hydrogens is 302 g/mol. The average molecular weight is 327 g/mol. The maximum atomic E-state index is 12.2. The molecule has 1 amide bonds. The van der Waals surface area contributed by atoms with E-state index in [1.54, 1.807) is 6.20 Å². The van der Waals surface area contributed by atoms with E-state index in [0.717, 1.165) is 30.3 Å². The smallest absolute Gasteiger partial charge is 0.220 e. The van der Waals surface area contributed by atoms with E-state index in [9.17, 15) is 4.79 Å². The van der Waals surface area contributed by atoms with Gasteiger partial charge in [0.05, 0.1) is 6.04 Å². The molecule has 2 aromatic rings. The molecule has 1 fully saturated rings. The fourth-order valence-electron chi connectivity index (χ4n) is 3.18. The number of hydrogen-bond donors (Lipinski definition) is 1. The van der Waals surface area contributed by atoms with E-state index < -0.39 is 0 Å². The number of carbonyl (C=O) groups excluding carboxylic acids is 1. The Morgan fingerprint density at radius 3 is 2.79 bits per heavy atom. The number of hydrogen-bond acceptors (Lipinski definition) is 4. The van der Waals surface area contributed by atoms with Crippen molar-refractivity contribution in [1.82, 2.24) is 15.2 Å². The number of aryl methyl sites for hydroxylation is 2. The summed E-state index contributed by atoms with van der Waals surface area (Å²) in [7, 11) is 0. The van der Waals surface area contributed by atoms with Crippen molar-refractivity contribution in [3.8, 4) is 0 Å². The number of pyridine rings is 1. The number of nitrogens with one attached hydrogen (secondary N) is 1. The van der Waals surface area contributed by atoms with Gasteiger partial charge in [0.1, 0.15) is 11.5 Å². The van der Waals surface area contributed by atoms with E-state index in [1.165, 1.54) is 12.8 Å². The number of carbonyl (C=O) groups is 1. The summed E-state index contributed by atoms with van der Waals surface area (Å²) < 4.78 is 5.82. The highest BCUT2D eigenvalue weighted by molar-refractivity contribution is 5.76. The van der Waals surface area contributed by atoms with Gasteiger partial charge in [0.15, 0.2) is 0 Å². The SMILES string of the molecule is Cc1ccc(C(CNC(=O)CCc2ccccn2)N2CCCC2)o1. The molecule has 1 aliphatic rings. The summed E-state index contributed by atoms with van der Waals surface area (Å²) in [5.74, 6) is 1.92. The number of nitrogens with zero attached hydrogens (tertiary/aromatic N) is 2. The van der Waals surface area contributed by atoms with Gasteiger partial charge in [0.25, 0.3) is 0 Å². The Morgan fingerprint density at radius 1 is 1.29 bits per heavy atom. The standard InChI is InChI=1S/C19H25N3O2/c1-15-7-9-18(24-15)17(22-12-4-5-13-22)14-21-19(23)10-8-16-6-2-3-11-20-16/h2-3,6-7,9,11,17H,4-5,8,10,12-14H2,1H3,(H,21,23). The van der Waals surface area contributed by atoms with Crippen LogP contribution in [-0.4, -0.2) is 35.4 Å². The molecule has 5 heteroatoms. The Bertz CT molecular complexity index is 648. The first-order chi connectivity index (χ1) is 11.7. The van der Waals surface area contributed by atoms with Crippen molar-refractivity contribution in [2.24, 2.45) is 0 Å². The van der Waals surface area contributed by atoms with E-state index in [-0.39, 0.29) is 11.9 Å². The van der Waals surface area contributed by atoms with Gasteiger partial charge in [-0.2, -0.15) is 0 Å². The third-order valence-electron chi connectivity index (χ3n) is 4.50. The zero-order chi connectivity index (χ0) is 16.8. The van der Waals surface area contributed by atoms with Crippen LogP contribution in [0.3, 0.4) is 0 Å². The maximum Gasteiger partial charge on any atom is 0.220 e. The highest BCUT2D eigenvalue weighted by Crippen LogP contribution is 2.26. The Labute approximate surface area is 143 Å². The van der Waals surface area contributed by atoms with E-state index in [4.69, 9.17) is 4.42 Å². The predicted molar refractivity (Wildman–Crippen MR) is 92.6 cm³/mol. The second-order valence-corrected chi connectivity index (χ2v) is 6.33. The minimum absolute atomic E-state index is 0.0631. The van der Waals surface area contributed by atoms with Crippen LogP contribution in [-0.2, 0) is 11.2 Å². The van der Waals surface area contributed by atoms with Gasteiger partial charge < -0.3 is 9.73 Å². The molecule has 0 bridgehead atoms. The molecule has 0 aliphatic carbocycles. The molecule has 1 atom stereocenters. The van der Waals surface area contributed by atoms with Crippen LogP contribution in [0.1, 0.15) is 42.5 Å². The summed E-state index contributed by atoms with van der Waals surface area (Å²) in [5.41, 5.74) is 0.949. The van der Waals surface area contributed by atoms with Crippen molar-refractivity contribution in [3.05, 3.63) is 53.7 Å². The van der Waals surface area contributed by atoms with Gasteiger partial charge in [0, 0.05) is 24.9 Å². The Hall–Kier alpha value is -2.14. The van der Waals surface area contributed by atoms with Crippen molar-refractivity contribution in [3.63, 3.8) is 0 Å². The third-order valence-corrected chi connectivity index (χ3v) is 4.50. The Morgan fingerprint density at radius 2 is 2.12 bits per heavy atom. The van der Waals surface area contributed by atoms with E-state index in [0.29, 0.717) is 19.4 Å². The Kier molecular flexibility index (Phi) is 5.64. The molecule has 1 unspecified atom stereocenters. The quantitative estimate of drug-likeness (QED) is 0.849. The van der Waals surface area contributed by atoms with Crippen LogP contribution < -0.4 is 5.32 Å². The second-order valence-electron chi connectivity index (χ2n) is 6.33. The van der Waals surface area contributed by atoms with Crippen molar-refractivity contribution in [1.29, 1.82) is 0 Å². The first-order valence-corrected chi connectivity index (χ1v) is 8.69. The minimum Gasteiger partial charge on any atom is -0.465 e. The molecule has 24 heavy (non-hydrogen) atoms. The van der Waals surface area contributed by atoms with Crippen LogP contribution in [0.4, 0.5) is 0 Å². The van der Waals surface area contributed by atoms with Gasteiger partial charge in [-0.15, -0.1) is 0 Å². The highest BCUT2D eigenvalue weighted by atomic mass is 16.3. The topological polar surface area (TPSA) is 58.4 Å². The van der Waals surface area contributed by atoms with Gasteiger partial charge in [-0.3, -0.25) is 14.7 Å². The number of aromatic nitrogens is 1. The number of rotatable bonds is 7. The van der Waals surface area contributed by atoms with Crippen LogP contribution in [0.2, 0.25) is 0 Å². The second kappa shape index (κ2) is 8.11. The third kappa shape index (κ3) is 4.45.